The van der Waals surface area contributed by atoms with Gasteiger partial charge in [0.1, 0.15) is 19.0 Å². The molecular formula is C26H31N3O5. The molecule has 1 saturated heterocycles. The van der Waals surface area contributed by atoms with Crippen LogP contribution in [0.1, 0.15) is 17.2 Å². The molecule has 2 aliphatic rings. The van der Waals surface area contributed by atoms with Crippen LogP contribution >= 0.6 is 0 Å². The third-order valence-corrected chi connectivity index (χ3v) is 6.41. The largest absolute Gasteiger partial charge is 0.497 e. The highest BCUT2D eigenvalue weighted by Gasteiger charge is 2.26. The van der Waals surface area contributed by atoms with E-state index in [1.54, 1.807) is 13.3 Å². The number of β-amino-alcohol motifs (C(OH)–C–C–N with tert-alkyl or cyclic N) is 1. The number of aliphatic hydroxyl groups is 1. The highest BCUT2D eigenvalue weighted by molar-refractivity contribution is 5.83. The molecule has 0 amide bonds. The van der Waals surface area contributed by atoms with Crippen LogP contribution in [0.25, 0.3) is 10.9 Å². The summed E-state index contributed by atoms with van der Waals surface area (Å²) in [5, 5.41) is 15.6. The van der Waals surface area contributed by atoms with Gasteiger partial charge in [0, 0.05) is 43.8 Å². The Hall–Kier alpha value is -2.91. The van der Waals surface area contributed by atoms with Gasteiger partial charge >= 0.3 is 0 Å². The highest BCUT2D eigenvalue weighted by atomic mass is 16.6. The van der Waals surface area contributed by atoms with Crippen molar-refractivity contribution in [1.82, 2.24) is 15.2 Å². The van der Waals surface area contributed by atoms with E-state index in [1.807, 2.05) is 36.4 Å². The van der Waals surface area contributed by atoms with E-state index < -0.39 is 6.10 Å². The fourth-order valence-corrected chi connectivity index (χ4v) is 4.58. The molecule has 1 aromatic heterocycles. The van der Waals surface area contributed by atoms with Gasteiger partial charge in [0.05, 0.1) is 31.9 Å². The maximum absolute atomic E-state index is 11.2. The second kappa shape index (κ2) is 10.6. The van der Waals surface area contributed by atoms with E-state index in [1.165, 1.54) is 0 Å². The topological polar surface area (TPSA) is 85.3 Å². The van der Waals surface area contributed by atoms with E-state index in [4.69, 9.17) is 18.9 Å². The quantitative estimate of drug-likeness (QED) is 0.525. The number of aromatic nitrogens is 1. The van der Waals surface area contributed by atoms with Crippen molar-refractivity contribution in [2.24, 2.45) is 0 Å². The number of hydrogen-bond acceptors (Lipinski definition) is 8. The van der Waals surface area contributed by atoms with Gasteiger partial charge in [-0.05, 0) is 47.5 Å². The summed E-state index contributed by atoms with van der Waals surface area (Å²) >= 11 is 0. The van der Waals surface area contributed by atoms with Gasteiger partial charge in [-0.3, -0.25) is 9.88 Å². The van der Waals surface area contributed by atoms with Gasteiger partial charge < -0.3 is 29.4 Å². The number of ether oxygens (including phenoxy) is 4. The number of methoxy groups -OCH3 is 1. The van der Waals surface area contributed by atoms with Gasteiger partial charge in [-0.25, -0.2) is 0 Å². The highest BCUT2D eigenvalue weighted by Crippen LogP contribution is 2.31. The van der Waals surface area contributed by atoms with Crippen LogP contribution in [-0.4, -0.2) is 74.2 Å². The van der Waals surface area contributed by atoms with Crippen LogP contribution in [0.15, 0.2) is 48.7 Å². The first kappa shape index (κ1) is 22.9. The van der Waals surface area contributed by atoms with Gasteiger partial charge in [0.2, 0.25) is 0 Å². The molecule has 0 saturated carbocycles. The van der Waals surface area contributed by atoms with Gasteiger partial charge in [-0.2, -0.15) is 0 Å². The van der Waals surface area contributed by atoms with Crippen molar-refractivity contribution in [1.29, 1.82) is 0 Å². The summed E-state index contributed by atoms with van der Waals surface area (Å²) in [4.78, 5) is 6.73. The van der Waals surface area contributed by atoms with Gasteiger partial charge in [-0.1, -0.05) is 6.07 Å². The number of fused-ring (bicyclic) bond motifs is 2. The maximum atomic E-state index is 11.2. The second-order valence-corrected chi connectivity index (χ2v) is 8.63. The number of benzene rings is 2. The molecule has 2 N–H and O–H groups in total. The first-order chi connectivity index (χ1) is 16.7. The summed E-state index contributed by atoms with van der Waals surface area (Å²) in [5.41, 5.74) is 2.85. The van der Waals surface area contributed by atoms with Crippen LogP contribution in [0.5, 0.6) is 17.2 Å². The molecule has 2 atom stereocenters. The number of nitrogens with zero attached hydrogens (tertiary/aromatic N) is 2. The van der Waals surface area contributed by atoms with E-state index >= 15 is 0 Å². The van der Waals surface area contributed by atoms with E-state index in [2.05, 4.69) is 21.3 Å². The standard InChI is InChI=1S/C26H31N3O5/c1-31-20-3-4-23-22(13-20)21(6-7-28-23)24(30)16-29-8-9-32-17-19(29)15-27-14-18-2-5-25-26(12-18)34-11-10-33-25/h2-7,12-13,19,24,27,30H,8-11,14-17H2,1H3. The zero-order valence-corrected chi connectivity index (χ0v) is 19.4. The number of hydrogen-bond donors (Lipinski definition) is 2. The van der Waals surface area contributed by atoms with Crippen LogP contribution < -0.4 is 19.5 Å². The van der Waals surface area contributed by atoms with E-state index in [0.29, 0.717) is 33.0 Å². The molecule has 180 valence electrons. The Balaban J connectivity index is 1.22. The minimum Gasteiger partial charge on any atom is -0.497 e. The first-order valence-corrected chi connectivity index (χ1v) is 11.7. The molecule has 0 radical (unpaired) electrons. The van der Waals surface area contributed by atoms with Crippen molar-refractivity contribution in [3.05, 3.63) is 59.8 Å². The lowest BCUT2D eigenvalue weighted by Crippen LogP contribution is -2.51. The van der Waals surface area contributed by atoms with Crippen molar-refractivity contribution in [3.8, 4) is 17.2 Å². The maximum Gasteiger partial charge on any atom is 0.161 e. The summed E-state index contributed by atoms with van der Waals surface area (Å²) in [6.07, 6.45) is 1.11. The van der Waals surface area contributed by atoms with E-state index in [9.17, 15) is 5.11 Å². The molecule has 2 aromatic carbocycles. The molecule has 3 aromatic rings. The summed E-state index contributed by atoms with van der Waals surface area (Å²) in [7, 11) is 1.64. The third kappa shape index (κ3) is 5.10. The van der Waals surface area contributed by atoms with Crippen LogP contribution in [0.2, 0.25) is 0 Å². The van der Waals surface area contributed by atoms with E-state index in [0.717, 1.165) is 58.9 Å². The molecule has 8 nitrogen and oxygen atoms in total. The van der Waals surface area contributed by atoms with Crippen LogP contribution in [-0.2, 0) is 11.3 Å². The predicted molar refractivity (Wildman–Crippen MR) is 129 cm³/mol. The van der Waals surface area contributed by atoms with Gasteiger partial charge in [-0.15, -0.1) is 0 Å². The molecule has 34 heavy (non-hydrogen) atoms. The van der Waals surface area contributed by atoms with Crippen molar-refractivity contribution in [2.75, 3.05) is 53.2 Å². The molecule has 8 heteroatoms. The third-order valence-electron chi connectivity index (χ3n) is 6.41. The number of nitrogens with one attached hydrogen (secondary N) is 1. The summed E-state index contributed by atoms with van der Waals surface area (Å²) < 4.78 is 22.4. The minimum absolute atomic E-state index is 0.170. The van der Waals surface area contributed by atoms with Gasteiger partial charge in [0.15, 0.2) is 11.5 Å². The molecule has 3 heterocycles. The Morgan fingerprint density at radius 1 is 1.12 bits per heavy atom. The molecule has 2 unspecified atom stereocenters. The Bertz CT molecular complexity index is 1120. The number of rotatable bonds is 8. The number of pyridine rings is 1. The lowest BCUT2D eigenvalue weighted by atomic mass is 10.0. The second-order valence-electron chi connectivity index (χ2n) is 8.63. The smallest absolute Gasteiger partial charge is 0.161 e. The van der Waals surface area contributed by atoms with Crippen LogP contribution in [0.4, 0.5) is 0 Å². The monoisotopic (exact) mass is 465 g/mol. The average Bonchev–Trinajstić information content (AvgIpc) is 2.89. The SMILES string of the molecule is COc1ccc2nccc(C(O)CN3CCOCC3CNCc3ccc4c(c3)OCCO4)c2c1. The molecule has 0 bridgehead atoms. The van der Waals surface area contributed by atoms with E-state index in [-0.39, 0.29) is 6.04 Å². The first-order valence-electron chi connectivity index (χ1n) is 11.7. The lowest BCUT2D eigenvalue weighted by Gasteiger charge is -2.37. The van der Waals surface area contributed by atoms with Gasteiger partial charge in [0.25, 0.3) is 0 Å². The van der Waals surface area contributed by atoms with Crippen LogP contribution in [0, 0.1) is 0 Å². The Morgan fingerprint density at radius 2 is 2.00 bits per heavy atom. The zero-order valence-electron chi connectivity index (χ0n) is 19.4. The fourth-order valence-electron chi connectivity index (χ4n) is 4.58. The van der Waals surface area contributed by atoms with Crippen molar-refractivity contribution < 1.29 is 24.1 Å². The molecule has 5 rings (SSSR count). The average molecular weight is 466 g/mol. The van der Waals surface area contributed by atoms with Crippen molar-refractivity contribution >= 4 is 10.9 Å². The predicted octanol–water partition coefficient (Wildman–Crippen LogP) is 2.54. The zero-order chi connectivity index (χ0) is 23.3. The minimum atomic E-state index is -0.643. The Kier molecular flexibility index (Phi) is 7.10. The number of morpholine rings is 1. The fraction of sp³-hybridized carbons (Fsp3) is 0.423. The summed E-state index contributed by atoms with van der Waals surface area (Å²) in [6, 6.07) is 13.9. The summed E-state index contributed by atoms with van der Waals surface area (Å²) in [6.45, 7) is 5.25. The van der Waals surface area contributed by atoms with Crippen LogP contribution in [0.3, 0.4) is 0 Å². The Morgan fingerprint density at radius 3 is 2.88 bits per heavy atom. The van der Waals surface area contributed by atoms with Crippen molar-refractivity contribution in [3.63, 3.8) is 0 Å². The molecule has 0 spiro atoms. The molecule has 2 aliphatic heterocycles. The molecular weight excluding hydrogens is 434 g/mol. The normalized spacial score (nSPS) is 19.2. The Labute approximate surface area is 199 Å². The molecule has 0 aliphatic carbocycles. The lowest BCUT2D eigenvalue weighted by molar-refractivity contribution is -0.0259. The summed E-state index contributed by atoms with van der Waals surface area (Å²) in [5.74, 6) is 2.36. The molecule has 1 fully saturated rings. The van der Waals surface area contributed by atoms with Crippen molar-refractivity contribution in [2.45, 2.75) is 18.7 Å². The number of aliphatic hydroxyl groups excluding tert-OH is 1.